The number of amides is 2. The zero-order chi connectivity index (χ0) is 15.8. The Morgan fingerprint density at radius 1 is 1.32 bits per heavy atom. The molecule has 2 N–H and O–H groups in total. The van der Waals surface area contributed by atoms with E-state index in [1.165, 1.54) is 32.1 Å². The summed E-state index contributed by atoms with van der Waals surface area (Å²) in [5.74, 6) is 0.964. The number of hydrogen-bond acceptors (Lipinski definition) is 4. The van der Waals surface area contributed by atoms with Crippen molar-refractivity contribution in [2.24, 2.45) is 5.92 Å². The maximum Gasteiger partial charge on any atom is 0.263 e. The molecule has 5 nitrogen and oxygen atoms in total. The van der Waals surface area contributed by atoms with E-state index in [1.54, 1.807) is 6.07 Å². The fraction of sp³-hybridized carbons (Fsp3) is 0.688. The van der Waals surface area contributed by atoms with Gasteiger partial charge < -0.3 is 10.6 Å². The summed E-state index contributed by atoms with van der Waals surface area (Å²) in [4.78, 5) is 24.3. The van der Waals surface area contributed by atoms with Crippen LogP contribution in [0.5, 0.6) is 0 Å². The molecule has 0 saturated heterocycles. The molecule has 1 aliphatic rings. The molecule has 6 heteroatoms. The molecule has 122 valence electrons. The van der Waals surface area contributed by atoms with E-state index in [0.717, 1.165) is 30.9 Å². The van der Waals surface area contributed by atoms with Crippen molar-refractivity contribution in [2.45, 2.75) is 58.3 Å². The Bertz CT molecular complexity index is 495. The molecule has 0 aromatic carbocycles. The number of anilines is 1. The third-order valence-electron chi connectivity index (χ3n) is 4.03. The Morgan fingerprint density at radius 2 is 2.09 bits per heavy atom. The first-order valence-corrected chi connectivity index (χ1v) is 9.01. The normalized spacial score (nSPS) is 15.5. The first-order chi connectivity index (χ1) is 10.7. The van der Waals surface area contributed by atoms with Gasteiger partial charge in [-0.05, 0) is 36.7 Å². The number of unbranched alkanes of at least 4 members (excludes halogenated alkanes) is 1. The van der Waals surface area contributed by atoms with Gasteiger partial charge in [0.05, 0.1) is 0 Å². The first kappa shape index (κ1) is 16.9. The van der Waals surface area contributed by atoms with Crippen LogP contribution in [-0.2, 0) is 4.79 Å². The highest BCUT2D eigenvalue weighted by atomic mass is 32.1. The highest BCUT2D eigenvalue weighted by Crippen LogP contribution is 2.23. The molecule has 0 spiro atoms. The molecule has 2 amide bonds. The van der Waals surface area contributed by atoms with Gasteiger partial charge in [0.15, 0.2) is 0 Å². The molecule has 22 heavy (non-hydrogen) atoms. The first-order valence-electron chi connectivity index (χ1n) is 8.23. The molecule has 0 bridgehead atoms. The van der Waals surface area contributed by atoms with Gasteiger partial charge >= 0.3 is 0 Å². The Hall–Kier alpha value is -1.43. The number of nitrogens with zero attached hydrogens (tertiary/aromatic N) is 1. The smallest absolute Gasteiger partial charge is 0.263 e. The molecule has 0 unspecified atom stereocenters. The highest BCUT2D eigenvalue weighted by Gasteiger charge is 2.16. The topological polar surface area (TPSA) is 71.1 Å². The maximum atomic E-state index is 12.1. The molecule has 1 fully saturated rings. The van der Waals surface area contributed by atoms with Crippen molar-refractivity contribution in [3.63, 3.8) is 0 Å². The molecule has 0 radical (unpaired) electrons. The number of aromatic nitrogens is 1. The van der Waals surface area contributed by atoms with Crippen molar-refractivity contribution in [1.82, 2.24) is 9.69 Å². The van der Waals surface area contributed by atoms with Gasteiger partial charge in [-0.25, -0.2) is 0 Å². The van der Waals surface area contributed by atoms with Gasteiger partial charge in [-0.2, -0.15) is 4.37 Å². The minimum atomic E-state index is -0.0860. The summed E-state index contributed by atoms with van der Waals surface area (Å²) in [6, 6.07) is 1.66. The van der Waals surface area contributed by atoms with Crippen LogP contribution in [0, 0.1) is 5.92 Å². The van der Waals surface area contributed by atoms with Gasteiger partial charge in [-0.3, -0.25) is 9.59 Å². The lowest BCUT2D eigenvalue weighted by molar-refractivity contribution is -0.116. The second kappa shape index (κ2) is 8.88. The molecular weight excluding hydrogens is 298 g/mol. The molecule has 0 atom stereocenters. The van der Waals surface area contributed by atoms with Crippen LogP contribution in [0.4, 0.5) is 5.82 Å². The number of carbonyl (C=O) groups is 2. The summed E-state index contributed by atoms with van der Waals surface area (Å²) in [5, 5.41) is 5.73. The van der Waals surface area contributed by atoms with E-state index < -0.39 is 0 Å². The number of carbonyl (C=O) groups excluding carboxylic acids is 2. The lowest BCUT2D eigenvalue weighted by atomic mass is 9.89. The summed E-state index contributed by atoms with van der Waals surface area (Å²) in [6.07, 6.45) is 8.63. The second-order valence-corrected chi connectivity index (χ2v) is 6.75. The van der Waals surface area contributed by atoms with Crippen LogP contribution in [0.1, 0.15) is 68.0 Å². The molecule has 0 aliphatic heterocycles. The minimum Gasteiger partial charge on any atom is -0.351 e. The van der Waals surface area contributed by atoms with Gasteiger partial charge in [0, 0.05) is 19.0 Å². The predicted molar refractivity (Wildman–Crippen MR) is 89.2 cm³/mol. The number of rotatable bonds is 7. The highest BCUT2D eigenvalue weighted by molar-refractivity contribution is 7.08. The van der Waals surface area contributed by atoms with E-state index in [2.05, 4.69) is 15.0 Å². The Morgan fingerprint density at radius 3 is 2.82 bits per heavy atom. The van der Waals surface area contributed by atoms with Crippen molar-refractivity contribution in [1.29, 1.82) is 0 Å². The van der Waals surface area contributed by atoms with Gasteiger partial charge in [-0.15, -0.1) is 0 Å². The van der Waals surface area contributed by atoms with Crippen LogP contribution >= 0.6 is 11.5 Å². The molecule has 1 aromatic heterocycles. The lowest BCUT2D eigenvalue weighted by Gasteiger charge is -2.21. The molecule has 1 aromatic rings. The summed E-state index contributed by atoms with van der Waals surface area (Å²) in [6.45, 7) is 2.79. The van der Waals surface area contributed by atoms with Crippen molar-refractivity contribution >= 4 is 29.2 Å². The van der Waals surface area contributed by atoms with Crippen LogP contribution in [0.2, 0.25) is 0 Å². The molecule has 1 aliphatic carbocycles. The summed E-state index contributed by atoms with van der Waals surface area (Å²) >= 11 is 1.13. The summed E-state index contributed by atoms with van der Waals surface area (Å²) in [7, 11) is 0. The average molecular weight is 323 g/mol. The monoisotopic (exact) mass is 323 g/mol. The number of nitrogens with one attached hydrogen (secondary N) is 2. The molecule has 1 heterocycles. The van der Waals surface area contributed by atoms with E-state index in [4.69, 9.17) is 0 Å². The van der Waals surface area contributed by atoms with Crippen LogP contribution in [0.3, 0.4) is 0 Å². The van der Waals surface area contributed by atoms with E-state index in [-0.39, 0.29) is 11.8 Å². The van der Waals surface area contributed by atoms with Gasteiger partial charge in [0.2, 0.25) is 5.91 Å². The average Bonchev–Trinajstić information content (AvgIpc) is 3.00. The lowest BCUT2D eigenvalue weighted by Crippen LogP contribution is -2.29. The largest absolute Gasteiger partial charge is 0.351 e. The fourth-order valence-electron chi connectivity index (χ4n) is 2.70. The number of hydrogen-bond donors (Lipinski definition) is 2. The van der Waals surface area contributed by atoms with E-state index >= 15 is 0 Å². The predicted octanol–water partition coefficient (Wildman–Crippen LogP) is 3.58. The summed E-state index contributed by atoms with van der Waals surface area (Å²) in [5.41, 5.74) is 0. The fourth-order valence-corrected chi connectivity index (χ4v) is 3.31. The third-order valence-corrected chi connectivity index (χ3v) is 4.82. The second-order valence-electron chi connectivity index (χ2n) is 5.94. The van der Waals surface area contributed by atoms with Gasteiger partial charge in [0.25, 0.3) is 5.91 Å². The third kappa shape index (κ3) is 5.40. The Labute approximate surface area is 136 Å². The van der Waals surface area contributed by atoms with Gasteiger partial charge in [0.1, 0.15) is 10.7 Å². The van der Waals surface area contributed by atoms with Crippen LogP contribution < -0.4 is 10.6 Å². The SMILES string of the molecule is CCCCC(=O)Nc1cc(C(=O)NCC2CCCCC2)sn1. The molecule has 2 rings (SSSR count). The summed E-state index contributed by atoms with van der Waals surface area (Å²) < 4.78 is 4.13. The molecular formula is C16H25N3O2S. The maximum absolute atomic E-state index is 12.1. The van der Waals surface area contributed by atoms with Crippen molar-refractivity contribution in [2.75, 3.05) is 11.9 Å². The van der Waals surface area contributed by atoms with Crippen LogP contribution in [0.25, 0.3) is 0 Å². The van der Waals surface area contributed by atoms with E-state index in [1.807, 2.05) is 6.92 Å². The Balaban J connectivity index is 1.77. The van der Waals surface area contributed by atoms with Crippen LogP contribution in [0.15, 0.2) is 6.07 Å². The standard InChI is InChI=1S/C16H25N3O2S/c1-2-3-9-15(20)18-14-10-13(22-19-14)16(21)17-11-12-7-5-4-6-8-12/h10,12H,2-9,11H2,1H3,(H,17,21)(H,18,19,20). The van der Waals surface area contributed by atoms with E-state index in [9.17, 15) is 9.59 Å². The van der Waals surface area contributed by atoms with Crippen molar-refractivity contribution in [3.8, 4) is 0 Å². The van der Waals surface area contributed by atoms with Gasteiger partial charge in [-0.1, -0.05) is 32.6 Å². The quantitative estimate of drug-likeness (QED) is 0.805. The van der Waals surface area contributed by atoms with Crippen molar-refractivity contribution < 1.29 is 9.59 Å². The van der Waals surface area contributed by atoms with E-state index in [0.29, 0.717) is 23.0 Å². The zero-order valence-corrected chi connectivity index (χ0v) is 14.0. The zero-order valence-electron chi connectivity index (χ0n) is 13.2. The van der Waals surface area contributed by atoms with Crippen molar-refractivity contribution in [3.05, 3.63) is 10.9 Å². The molecule has 1 saturated carbocycles. The van der Waals surface area contributed by atoms with Crippen LogP contribution in [-0.4, -0.2) is 22.7 Å². The minimum absolute atomic E-state index is 0.0405. The Kier molecular flexibility index (Phi) is 6.83.